The van der Waals surface area contributed by atoms with E-state index in [1.165, 1.54) is 7.11 Å². The number of piperidine rings is 2. The van der Waals surface area contributed by atoms with E-state index in [9.17, 15) is 27.9 Å². The van der Waals surface area contributed by atoms with Crippen LogP contribution in [0.1, 0.15) is 85.3 Å². The van der Waals surface area contributed by atoms with E-state index in [-0.39, 0.29) is 23.4 Å². The highest BCUT2D eigenvalue weighted by Crippen LogP contribution is 2.49. The number of carboxylic acid groups (broad SMARTS) is 1. The lowest BCUT2D eigenvalue weighted by Gasteiger charge is -2.52. The van der Waals surface area contributed by atoms with Crippen molar-refractivity contribution in [3.8, 4) is 40.0 Å². The molecule has 59 heavy (non-hydrogen) atoms. The first kappa shape index (κ1) is 39.7. The van der Waals surface area contributed by atoms with Gasteiger partial charge in [0.25, 0.3) is 0 Å². The van der Waals surface area contributed by atoms with Gasteiger partial charge in [-0.2, -0.15) is 18.2 Å². The number of hydrogen-bond acceptors (Lipinski definition) is 9. The van der Waals surface area contributed by atoms with Crippen molar-refractivity contribution in [3.05, 3.63) is 87.4 Å². The lowest BCUT2D eigenvalue weighted by Crippen LogP contribution is -2.62. The first-order valence-electron chi connectivity index (χ1n) is 20.3. The summed E-state index contributed by atoms with van der Waals surface area (Å²) in [6, 6.07) is 16.3. The van der Waals surface area contributed by atoms with Gasteiger partial charge in [-0.3, -0.25) is 19.4 Å². The van der Waals surface area contributed by atoms with Crippen molar-refractivity contribution in [1.29, 1.82) is 0 Å². The van der Waals surface area contributed by atoms with Crippen LogP contribution in [0.4, 0.5) is 13.2 Å². The summed E-state index contributed by atoms with van der Waals surface area (Å²) in [4.78, 5) is 37.6. The normalized spacial score (nSPS) is 23.7. The maximum atomic E-state index is 14.8. The van der Waals surface area contributed by atoms with E-state index >= 15 is 0 Å². The zero-order valence-corrected chi connectivity index (χ0v) is 33.8. The van der Waals surface area contributed by atoms with Gasteiger partial charge in [-0.05, 0) is 79.7 Å². The van der Waals surface area contributed by atoms with Crippen molar-refractivity contribution in [2.75, 3.05) is 33.9 Å². The Morgan fingerprint density at radius 2 is 1.59 bits per heavy atom. The molecule has 0 amide bonds. The van der Waals surface area contributed by atoms with Gasteiger partial charge in [-0.1, -0.05) is 54.1 Å². The number of likely N-dealkylation sites (tertiary alicyclic amines) is 1. The number of benzene rings is 2. The van der Waals surface area contributed by atoms with E-state index in [2.05, 4.69) is 9.88 Å². The molecule has 1 spiro atoms. The lowest BCUT2D eigenvalue weighted by molar-refractivity contribution is -0.162. The second kappa shape index (κ2) is 15.1. The van der Waals surface area contributed by atoms with E-state index in [0.717, 1.165) is 66.2 Å². The highest BCUT2D eigenvalue weighted by Gasteiger charge is 2.52. The topological polar surface area (TPSA) is 114 Å². The van der Waals surface area contributed by atoms with Crippen molar-refractivity contribution in [2.24, 2.45) is 11.3 Å². The van der Waals surface area contributed by atoms with E-state index in [4.69, 9.17) is 30.8 Å². The zero-order chi connectivity index (χ0) is 41.3. The summed E-state index contributed by atoms with van der Waals surface area (Å²) < 4.78 is 61.8. The van der Waals surface area contributed by atoms with Gasteiger partial charge in [0, 0.05) is 73.2 Å². The number of hydrogen-bond donors (Lipinski definition) is 1. The van der Waals surface area contributed by atoms with E-state index in [1.54, 1.807) is 12.0 Å². The molecular weight excluding hydrogens is 785 g/mol. The predicted molar refractivity (Wildman–Crippen MR) is 213 cm³/mol. The Morgan fingerprint density at radius 3 is 2.29 bits per heavy atom. The number of nitrogens with zero attached hydrogens (tertiary/aromatic N) is 4. The fourth-order valence-electron chi connectivity index (χ4n) is 10.5. The average Bonchev–Trinajstić information content (AvgIpc) is 3.81. The molecule has 2 aromatic carbocycles. The van der Waals surface area contributed by atoms with Crippen LogP contribution in [-0.2, 0) is 35.3 Å². The molecule has 0 unspecified atom stereocenters. The minimum atomic E-state index is -4.80. The highest BCUT2D eigenvalue weighted by atomic mass is 35.5. The molecule has 1 N–H and O–H groups in total. The molecule has 2 bridgehead atoms. The Morgan fingerprint density at radius 1 is 0.881 bits per heavy atom. The Labute approximate surface area is 345 Å². The number of carbonyl (C=O) groups is 2. The van der Waals surface area contributed by atoms with Gasteiger partial charge in [0.15, 0.2) is 0 Å². The van der Waals surface area contributed by atoms with Crippen LogP contribution in [0.3, 0.4) is 0 Å². The first-order chi connectivity index (χ1) is 28.3. The lowest BCUT2D eigenvalue weighted by atomic mass is 9.70. The summed E-state index contributed by atoms with van der Waals surface area (Å²) in [6.07, 6.45) is 0.222. The van der Waals surface area contributed by atoms with Crippen LogP contribution in [0.2, 0.25) is 5.02 Å². The molecule has 3 aliphatic carbocycles. The predicted octanol–water partition coefficient (Wildman–Crippen LogP) is 8.95. The number of halogens is 4. The van der Waals surface area contributed by atoms with Gasteiger partial charge in [-0.15, -0.1) is 0 Å². The van der Waals surface area contributed by atoms with Crippen LogP contribution in [-0.4, -0.2) is 76.0 Å². The van der Waals surface area contributed by atoms with Crippen LogP contribution < -0.4 is 14.2 Å². The fourth-order valence-corrected chi connectivity index (χ4v) is 10.8. The quantitative estimate of drug-likeness (QED) is 0.157. The smallest absolute Gasteiger partial charge is 0.421 e. The molecule has 0 radical (unpaired) electrons. The maximum absolute atomic E-state index is 14.8. The molecule has 310 valence electrons. The van der Waals surface area contributed by atoms with Gasteiger partial charge >= 0.3 is 12.1 Å². The summed E-state index contributed by atoms with van der Waals surface area (Å²) in [5.41, 5.74) is 3.71. The summed E-state index contributed by atoms with van der Waals surface area (Å²) >= 11 is 7.18. The number of aromatic nitrogens is 2. The fraction of sp³-hybridized carbons (Fsp3) is 0.467. The van der Waals surface area contributed by atoms with Crippen LogP contribution in [0, 0.1) is 11.3 Å². The highest BCUT2D eigenvalue weighted by molar-refractivity contribution is 6.36. The van der Waals surface area contributed by atoms with Crippen molar-refractivity contribution >= 4 is 23.4 Å². The van der Waals surface area contributed by atoms with Crippen LogP contribution in [0.25, 0.3) is 22.4 Å². The molecule has 1 atom stereocenters. The molecule has 10 rings (SSSR count). The number of aliphatic carboxylic acids is 1. The second-order valence-electron chi connectivity index (χ2n) is 17.1. The van der Waals surface area contributed by atoms with E-state index < -0.39 is 35.2 Å². The molecule has 14 heteroatoms. The van der Waals surface area contributed by atoms with Gasteiger partial charge in [0.2, 0.25) is 17.6 Å². The van der Waals surface area contributed by atoms with Gasteiger partial charge < -0.3 is 19.3 Å². The van der Waals surface area contributed by atoms with Crippen LogP contribution in [0.15, 0.2) is 54.6 Å². The van der Waals surface area contributed by atoms with Crippen LogP contribution in [0.5, 0.6) is 17.6 Å². The average molecular weight is 831 g/mol. The van der Waals surface area contributed by atoms with Crippen molar-refractivity contribution < 1.29 is 42.1 Å². The third-order valence-corrected chi connectivity index (χ3v) is 13.9. The number of carbonyl (C=O) groups excluding carboxylic acids is 1. The first-order valence-corrected chi connectivity index (χ1v) is 20.7. The molecule has 5 fully saturated rings. The molecule has 5 heterocycles. The zero-order valence-electron chi connectivity index (χ0n) is 33.0. The van der Waals surface area contributed by atoms with Crippen molar-refractivity contribution in [2.45, 2.75) is 88.7 Å². The number of fused-ring (bicyclic) bond motifs is 4. The van der Waals surface area contributed by atoms with E-state index in [0.29, 0.717) is 85.5 Å². The number of Topliss-reactive ketones (excluding diaryl/α,β-unsaturated/α-hetero) is 1. The Bertz CT molecular complexity index is 2320. The monoisotopic (exact) mass is 830 g/mol. The third kappa shape index (κ3) is 7.12. The molecule has 6 aliphatic rings. The minimum Gasteiger partial charge on any atom is -0.481 e. The molecule has 4 aromatic rings. The van der Waals surface area contributed by atoms with Gasteiger partial charge in [0.05, 0.1) is 24.9 Å². The number of methoxy groups -OCH3 is 2. The number of alkyl halides is 3. The Hall–Kier alpha value is -4.72. The largest absolute Gasteiger partial charge is 0.481 e. The molecular formula is C45H46ClF3N4O6. The standard InChI is InChI=1S/C45H46ClF3N4O6/c1-57-39-27(22-52-24-43(25-52)16-15-29(54)20-43)9-11-36(50-39)34-8-4-7-33(38(34)46)30-5-3-6-32-31(30)10-12-37(32)59-41-35(45(47,48)49)19-28(40(51-41)58-2)23-53-21-26-13-17-44(53,18-14-26)42(55)56/h3-9,11,19,26,37H,10,12-18,20-25H2,1-2H3,(H,55,56)/t26?,37-,44?/m0/s1. The number of ether oxygens (including phenoxy) is 3. The number of carboxylic acids is 1. The van der Waals surface area contributed by atoms with Crippen LogP contribution >= 0.6 is 11.6 Å². The number of rotatable bonds is 11. The third-order valence-electron chi connectivity index (χ3n) is 13.5. The SMILES string of the molecule is COc1nc(-c2cccc(-c3cccc4c3CC[C@@H]4Oc3nc(OC)c(CN4CC5CCC4(C(=O)O)CC5)cc3C(F)(F)F)c2Cl)ccc1CN1CC2(CCC(=O)C2)C1. The number of pyridine rings is 2. The molecule has 2 saturated carbocycles. The summed E-state index contributed by atoms with van der Waals surface area (Å²) in [6.45, 7) is 2.91. The maximum Gasteiger partial charge on any atom is 0.421 e. The minimum absolute atomic E-state index is 0.0282. The van der Waals surface area contributed by atoms with Gasteiger partial charge in [0.1, 0.15) is 23.0 Å². The summed E-state index contributed by atoms with van der Waals surface area (Å²) in [7, 11) is 2.94. The van der Waals surface area contributed by atoms with Gasteiger partial charge in [-0.25, -0.2) is 4.98 Å². The number of ketones is 1. The molecule has 10 nitrogen and oxygen atoms in total. The molecule has 2 aromatic heterocycles. The van der Waals surface area contributed by atoms with Crippen molar-refractivity contribution in [1.82, 2.24) is 19.8 Å². The molecule has 3 saturated heterocycles. The Balaban J connectivity index is 0.968. The summed E-state index contributed by atoms with van der Waals surface area (Å²) in [5.74, 6) is -0.397. The Kier molecular flexibility index (Phi) is 10.2. The van der Waals surface area contributed by atoms with Crippen molar-refractivity contribution in [3.63, 3.8) is 0 Å². The summed E-state index contributed by atoms with van der Waals surface area (Å²) in [5, 5.41) is 10.7. The second-order valence-corrected chi connectivity index (χ2v) is 17.5. The van der Waals surface area contributed by atoms with E-state index in [1.807, 2.05) is 48.5 Å². The molecule has 3 aliphatic heterocycles.